The molecule has 0 aliphatic rings. The van der Waals surface area contributed by atoms with Crippen LogP contribution in [-0.4, -0.2) is 21.0 Å². The van der Waals surface area contributed by atoms with E-state index >= 15 is 0 Å². The van der Waals surface area contributed by atoms with Gasteiger partial charge in [-0.1, -0.05) is 30.3 Å². The summed E-state index contributed by atoms with van der Waals surface area (Å²) in [5.41, 5.74) is 0.402. The first-order valence-electron chi connectivity index (χ1n) is 4.81. The number of nitrogens with zero attached hydrogens (tertiary/aromatic N) is 2. The van der Waals surface area contributed by atoms with Crippen molar-refractivity contribution in [3.63, 3.8) is 0 Å². The maximum Gasteiger partial charge on any atom is 0.255 e. The number of hydrogen-bond donors (Lipinski definition) is 2. The molecule has 0 spiro atoms. The fourth-order valence-corrected chi connectivity index (χ4v) is 1.49. The van der Waals surface area contributed by atoms with Crippen molar-refractivity contribution in [1.82, 2.24) is 9.66 Å². The summed E-state index contributed by atoms with van der Waals surface area (Å²) in [6, 6.07) is 10.4. The maximum atomic E-state index is 11.0. The van der Waals surface area contributed by atoms with Crippen LogP contribution in [-0.2, 0) is 0 Å². The van der Waals surface area contributed by atoms with E-state index in [2.05, 4.69) is 10.1 Å². The Bertz CT molecular complexity index is 658. The summed E-state index contributed by atoms with van der Waals surface area (Å²) >= 11 is 4.88. The summed E-state index contributed by atoms with van der Waals surface area (Å²) in [6.07, 6.45) is 1.54. The van der Waals surface area contributed by atoms with Gasteiger partial charge in [-0.2, -0.15) is 9.78 Å². The predicted molar refractivity (Wildman–Crippen MR) is 67.0 cm³/mol. The molecule has 5 nitrogen and oxygen atoms in total. The molecule has 0 aliphatic carbocycles. The molecule has 0 amide bonds. The van der Waals surface area contributed by atoms with Crippen LogP contribution in [0.1, 0.15) is 5.56 Å². The zero-order chi connectivity index (χ0) is 12.3. The molecule has 0 atom stereocenters. The van der Waals surface area contributed by atoms with Gasteiger partial charge in [-0.15, -0.1) is 0 Å². The second-order valence-corrected chi connectivity index (χ2v) is 3.65. The number of aromatic amines is 1. The third-order valence-corrected chi connectivity index (χ3v) is 2.30. The topological polar surface area (TPSA) is 70.4 Å². The smallest absolute Gasteiger partial charge is 0.255 e. The lowest BCUT2D eigenvalue weighted by Gasteiger charge is -2.01. The van der Waals surface area contributed by atoms with Gasteiger partial charge >= 0.3 is 0 Å². The van der Waals surface area contributed by atoms with E-state index in [9.17, 15) is 9.90 Å². The SMILES string of the molecule is O=c1cc(O)n(/N=C/c2ccccc2)c(=S)[nH]1. The number of H-pyrrole nitrogens is 1. The summed E-state index contributed by atoms with van der Waals surface area (Å²) in [6.45, 7) is 0. The molecule has 86 valence electrons. The lowest BCUT2D eigenvalue weighted by Crippen LogP contribution is -2.09. The van der Waals surface area contributed by atoms with Crippen molar-refractivity contribution >= 4 is 18.4 Å². The number of nitrogens with one attached hydrogen (secondary N) is 1. The molecule has 0 aliphatic heterocycles. The van der Waals surface area contributed by atoms with Crippen LogP contribution in [0.2, 0.25) is 0 Å². The largest absolute Gasteiger partial charge is 0.493 e. The van der Waals surface area contributed by atoms with Gasteiger partial charge in [0.15, 0.2) is 0 Å². The van der Waals surface area contributed by atoms with Crippen molar-refractivity contribution in [1.29, 1.82) is 0 Å². The van der Waals surface area contributed by atoms with E-state index in [0.717, 1.165) is 16.3 Å². The summed E-state index contributed by atoms with van der Waals surface area (Å²) in [5.74, 6) is -0.300. The monoisotopic (exact) mass is 247 g/mol. The molecule has 0 fully saturated rings. The Labute approximate surface area is 102 Å². The van der Waals surface area contributed by atoms with Gasteiger partial charge in [-0.3, -0.25) is 9.78 Å². The number of benzene rings is 1. The molecule has 2 N–H and O–H groups in total. The molecule has 0 radical (unpaired) electrons. The van der Waals surface area contributed by atoms with Gasteiger partial charge in [0.1, 0.15) is 0 Å². The Hall–Kier alpha value is -2.21. The van der Waals surface area contributed by atoms with Crippen molar-refractivity contribution in [2.45, 2.75) is 0 Å². The predicted octanol–water partition coefficient (Wildman–Crippen LogP) is 1.49. The third kappa shape index (κ3) is 2.67. The van der Waals surface area contributed by atoms with Crippen LogP contribution in [0.3, 0.4) is 0 Å². The van der Waals surface area contributed by atoms with Crippen LogP contribution in [0.15, 0.2) is 46.3 Å². The Morgan fingerprint density at radius 2 is 2.06 bits per heavy atom. The van der Waals surface area contributed by atoms with E-state index in [-0.39, 0.29) is 10.7 Å². The van der Waals surface area contributed by atoms with Crippen LogP contribution >= 0.6 is 12.2 Å². The van der Waals surface area contributed by atoms with Crippen molar-refractivity contribution in [2.24, 2.45) is 5.10 Å². The number of aromatic hydroxyl groups is 1. The molecular formula is C11H9N3O2S. The Kier molecular flexibility index (Phi) is 3.15. The minimum atomic E-state index is -0.460. The highest BCUT2D eigenvalue weighted by Gasteiger charge is 1.99. The third-order valence-electron chi connectivity index (χ3n) is 2.02. The molecule has 2 rings (SSSR count). The molecule has 0 unspecified atom stereocenters. The average molecular weight is 247 g/mol. The van der Waals surface area contributed by atoms with Gasteiger partial charge in [0, 0.05) is 0 Å². The highest BCUT2D eigenvalue weighted by Crippen LogP contribution is 2.04. The van der Waals surface area contributed by atoms with Crippen molar-refractivity contribution in [3.8, 4) is 5.88 Å². The summed E-state index contributed by atoms with van der Waals surface area (Å²) in [7, 11) is 0. The molecule has 0 saturated carbocycles. The molecular weight excluding hydrogens is 238 g/mol. The first kappa shape index (κ1) is 11.3. The summed E-state index contributed by atoms with van der Waals surface area (Å²) in [5, 5.41) is 13.5. The van der Waals surface area contributed by atoms with E-state index in [4.69, 9.17) is 12.2 Å². The van der Waals surface area contributed by atoms with Crippen LogP contribution in [0.25, 0.3) is 0 Å². The first-order chi connectivity index (χ1) is 8.16. The van der Waals surface area contributed by atoms with Crippen LogP contribution in [0.5, 0.6) is 5.88 Å². The van der Waals surface area contributed by atoms with Crippen LogP contribution in [0, 0.1) is 4.77 Å². The average Bonchev–Trinajstić information content (AvgIpc) is 2.29. The van der Waals surface area contributed by atoms with Crippen molar-refractivity contribution in [3.05, 3.63) is 57.1 Å². The molecule has 1 aromatic heterocycles. The lowest BCUT2D eigenvalue weighted by atomic mass is 10.2. The number of aromatic nitrogens is 2. The van der Waals surface area contributed by atoms with E-state index in [1.807, 2.05) is 30.3 Å². The van der Waals surface area contributed by atoms with Gasteiger partial charge in [0.05, 0.1) is 12.3 Å². The van der Waals surface area contributed by atoms with E-state index in [1.54, 1.807) is 0 Å². The number of hydrogen-bond acceptors (Lipinski definition) is 4. The van der Waals surface area contributed by atoms with Gasteiger partial charge in [0.2, 0.25) is 10.7 Å². The normalized spacial score (nSPS) is 10.8. The van der Waals surface area contributed by atoms with Gasteiger partial charge < -0.3 is 5.11 Å². The van der Waals surface area contributed by atoms with E-state index in [1.165, 1.54) is 6.21 Å². The molecule has 6 heteroatoms. The zero-order valence-electron chi connectivity index (χ0n) is 8.70. The highest BCUT2D eigenvalue weighted by molar-refractivity contribution is 7.71. The second-order valence-electron chi connectivity index (χ2n) is 3.26. The van der Waals surface area contributed by atoms with Crippen LogP contribution < -0.4 is 5.56 Å². The zero-order valence-corrected chi connectivity index (χ0v) is 9.52. The minimum Gasteiger partial charge on any atom is -0.493 e. The van der Waals surface area contributed by atoms with Gasteiger partial charge in [-0.25, -0.2) is 0 Å². The first-order valence-corrected chi connectivity index (χ1v) is 5.22. The number of rotatable bonds is 2. The Morgan fingerprint density at radius 3 is 2.71 bits per heavy atom. The van der Waals surface area contributed by atoms with Crippen molar-refractivity contribution < 1.29 is 5.11 Å². The highest BCUT2D eigenvalue weighted by atomic mass is 32.1. The molecule has 2 aromatic rings. The molecule has 17 heavy (non-hydrogen) atoms. The van der Waals surface area contributed by atoms with Gasteiger partial charge in [-0.05, 0) is 17.8 Å². The fraction of sp³-hybridized carbons (Fsp3) is 0. The lowest BCUT2D eigenvalue weighted by molar-refractivity contribution is 0.419. The summed E-state index contributed by atoms with van der Waals surface area (Å²) in [4.78, 5) is 13.4. The Balaban J connectivity index is 2.41. The standard InChI is InChI=1S/C11H9N3O2S/c15-9-6-10(16)14(11(17)13-9)12-7-8-4-2-1-3-5-8/h1-7,16H,(H,13,15,17)/b12-7+. The maximum absolute atomic E-state index is 11.0. The molecule has 0 saturated heterocycles. The van der Waals surface area contributed by atoms with Gasteiger partial charge in [0.25, 0.3) is 5.56 Å². The summed E-state index contributed by atoms with van der Waals surface area (Å²) < 4.78 is 1.12. The van der Waals surface area contributed by atoms with E-state index < -0.39 is 5.56 Å². The molecule has 1 aromatic carbocycles. The van der Waals surface area contributed by atoms with E-state index in [0.29, 0.717) is 0 Å². The fourth-order valence-electron chi connectivity index (χ4n) is 1.25. The van der Waals surface area contributed by atoms with Crippen LogP contribution in [0.4, 0.5) is 0 Å². The minimum absolute atomic E-state index is 0.0437. The molecule has 1 heterocycles. The Morgan fingerprint density at radius 1 is 1.35 bits per heavy atom. The second kappa shape index (κ2) is 4.75. The quantitative estimate of drug-likeness (QED) is 0.624. The molecule has 0 bridgehead atoms. The van der Waals surface area contributed by atoms with Crippen molar-refractivity contribution in [2.75, 3.05) is 0 Å².